The van der Waals surface area contributed by atoms with Crippen LogP contribution in [0, 0.1) is 0 Å². The zero-order valence-corrected chi connectivity index (χ0v) is 16.6. The van der Waals surface area contributed by atoms with Crippen molar-refractivity contribution in [2.45, 2.75) is 32.1 Å². The number of amides is 2. The molecule has 0 aliphatic carbocycles. The van der Waals surface area contributed by atoms with Gasteiger partial charge < -0.3 is 10.6 Å². The quantitative estimate of drug-likeness (QED) is 0.667. The lowest BCUT2D eigenvalue weighted by molar-refractivity contribution is -0.119. The van der Waals surface area contributed by atoms with Crippen LogP contribution in [0.4, 0.5) is 11.4 Å². The molecule has 4 rings (SSSR count). The fourth-order valence-corrected chi connectivity index (χ4v) is 4.07. The smallest absolute Gasteiger partial charge is 0.234 e. The van der Waals surface area contributed by atoms with E-state index in [1.54, 1.807) is 11.3 Å². The van der Waals surface area contributed by atoms with E-state index in [2.05, 4.69) is 15.6 Å². The summed E-state index contributed by atoms with van der Waals surface area (Å²) < 4.78 is 0. The summed E-state index contributed by atoms with van der Waals surface area (Å²) in [6, 6.07) is 15.5. The van der Waals surface area contributed by atoms with E-state index in [0.29, 0.717) is 18.5 Å². The third kappa shape index (κ3) is 3.55. The lowest BCUT2D eigenvalue weighted by Gasteiger charge is -2.16. The van der Waals surface area contributed by atoms with Gasteiger partial charge in [-0.05, 0) is 37.6 Å². The Morgan fingerprint density at radius 2 is 1.96 bits per heavy atom. The van der Waals surface area contributed by atoms with Gasteiger partial charge in [0.1, 0.15) is 0 Å². The van der Waals surface area contributed by atoms with E-state index in [0.717, 1.165) is 27.5 Å². The van der Waals surface area contributed by atoms with Crippen molar-refractivity contribution >= 4 is 34.5 Å². The average Bonchev–Trinajstić information content (AvgIpc) is 3.25. The number of benzene rings is 2. The molecule has 0 unspecified atom stereocenters. The molecule has 6 heteroatoms. The van der Waals surface area contributed by atoms with Crippen LogP contribution in [0.25, 0.3) is 11.3 Å². The van der Waals surface area contributed by atoms with Gasteiger partial charge in [-0.3, -0.25) is 9.59 Å². The van der Waals surface area contributed by atoms with Crippen LogP contribution in [-0.2, 0) is 21.4 Å². The zero-order chi connectivity index (χ0) is 19.7. The lowest BCUT2D eigenvalue weighted by Crippen LogP contribution is -2.26. The number of rotatable bonds is 5. The first-order chi connectivity index (χ1) is 13.4. The van der Waals surface area contributed by atoms with Crippen molar-refractivity contribution in [3.05, 3.63) is 64.5 Å². The Kier molecular flexibility index (Phi) is 4.73. The Balaban J connectivity index is 1.38. The van der Waals surface area contributed by atoms with Gasteiger partial charge in [0.2, 0.25) is 11.8 Å². The highest BCUT2D eigenvalue weighted by Gasteiger charge is 2.38. The number of fused-ring (bicyclic) bond motifs is 1. The molecule has 0 saturated carbocycles. The first-order valence-electron chi connectivity index (χ1n) is 9.19. The number of carbonyl (C=O) groups excluding carboxylic acids is 2. The number of aryl methyl sites for hydroxylation is 1. The maximum atomic E-state index is 12.4. The van der Waals surface area contributed by atoms with Crippen LogP contribution >= 0.6 is 11.3 Å². The van der Waals surface area contributed by atoms with E-state index in [1.807, 2.05) is 67.8 Å². The molecule has 2 N–H and O–H groups in total. The molecule has 142 valence electrons. The highest BCUT2D eigenvalue weighted by atomic mass is 32.1. The topological polar surface area (TPSA) is 71.1 Å². The zero-order valence-electron chi connectivity index (χ0n) is 15.8. The Hall–Kier alpha value is -2.99. The average molecular weight is 391 g/mol. The van der Waals surface area contributed by atoms with E-state index in [-0.39, 0.29) is 11.8 Å². The van der Waals surface area contributed by atoms with Crippen LogP contribution < -0.4 is 10.6 Å². The van der Waals surface area contributed by atoms with Crippen LogP contribution in [0.15, 0.2) is 53.9 Å². The number of hydrogen-bond acceptors (Lipinski definition) is 4. The second-order valence-corrected chi connectivity index (χ2v) is 8.32. The van der Waals surface area contributed by atoms with Crippen molar-refractivity contribution in [1.29, 1.82) is 0 Å². The van der Waals surface area contributed by atoms with Crippen LogP contribution in [0.1, 0.15) is 30.8 Å². The number of thiazole rings is 1. The molecule has 3 aromatic rings. The third-order valence-electron chi connectivity index (χ3n) is 4.98. The Morgan fingerprint density at radius 3 is 2.75 bits per heavy atom. The Morgan fingerprint density at radius 1 is 1.18 bits per heavy atom. The number of aromatic nitrogens is 1. The van der Waals surface area contributed by atoms with E-state index >= 15 is 0 Å². The van der Waals surface area contributed by atoms with Crippen molar-refractivity contribution in [2.75, 3.05) is 10.6 Å². The van der Waals surface area contributed by atoms with Gasteiger partial charge in [0.15, 0.2) is 0 Å². The summed E-state index contributed by atoms with van der Waals surface area (Å²) in [5, 5.41) is 8.77. The van der Waals surface area contributed by atoms with Crippen LogP contribution in [0.2, 0.25) is 0 Å². The van der Waals surface area contributed by atoms with E-state index in [9.17, 15) is 9.59 Å². The molecular formula is C22H21N3O2S. The van der Waals surface area contributed by atoms with Crippen molar-refractivity contribution in [3.63, 3.8) is 0 Å². The number of anilines is 2. The van der Waals surface area contributed by atoms with E-state index in [4.69, 9.17) is 0 Å². The Bertz CT molecular complexity index is 1040. The molecule has 0 radical (unpaired) electrons. The summed E-state index contributed by atoms with van der Waals surface area (Å²) in [5.41, 5.74) is 3.85. The molecule has 5 nitrogen and oxygen atoms in total. The number of nitrogens with one attached hydrogen (secondary N) is 2. The SMILES string of the molecule is CC1(C)C(=O)Nc2ccc(NC(=O)CCc3nc(-c4ccccc4)cs3)cc21. The molecule has 1 aliphatic rings. The van der Waals surface area contributed by atoms with E-state index in [1.165, 1.54) is 0 Å². The molecule has 28 heavy (non-hydrogen) atoms. The molecule has 0 saturated heterocycles. The fourth-order valence-electron chi connectivity index (χ4n) is 3.26. The summed E-state index contributed by atoms with van der Waals surface area (Å²) in [6.07, 6.45) is 0.958. The molecule has 2 amide bonds. The van der Waals surface area contributed by atoms with Crippen LogP contribution in [0.3, 0.4) is 0 Å². The van der Waals surface area contributed by atoms with Crippen molar-refractivity contribution in [1.82, 2.24) is 4.98 Å². The molecule has 0 atom stereocenters. The molecule has 1 aromatic heterocycles. The maximum absolute atomic E-state index is 12.4. The normalized spacial score (nSPS) is 14.4. The minimum Gasteiger partial charge on any atom is -0.326 e. The third-order valence-corrected chi connectivity index (χ3v) is 5.89. The standard InChI is InChI=1S/C22H21N3O2S/c1-22(2)16-12-15(8-9-17(16)25-21(22)27)23-19(26)10-11-20-24-18(13-28-20)14-6-4-3-5-7-14/h3-9,12-13H,10-11H2,1-2H3,(H,23,26)(H,25,27). The highest BCUT2D eigenvalue weighted by Crippen LogP contribution is 2.38. The number of nitrogens with zero attached hydrogens (tertiary/aromatic N) is 1. The minimum absolute atomic E-state index is 0.0241. The van der Waals surface area contributed by atoms with Crippen molar-refractivity contribution in [2.24, 2.45) is 0 Å². The van der Waals surface area contributed by atoms with Crippen molar-refractivity contribution in [3.8, 4) is 11.3 Å². The minimum atomic E-state index is -0.592. The summed E-state index contributed by atoms with van der Waals surface area (Å²) in [5.74, 6) is -0.0875. The van der Waals surface area contributed by atoms with Gasteiger partial charge in [0.05, 0.1) is 16.1 Å². The first kappa shape index (κ1) is 18.4. The van der Waals surface area contributed by atoms with Gasteiger partial charge in [0.25, 0.3) is 0 Å². The molecule has 0 spiro atoms. The summed E-state index contributed by atoms with van der Waals surface area (Å²) in [4.78, 5) is 29.0. The monoisotopic (exact) mass is 391 g/mol. The number of carbonyl (C=O) groups is 2. The molecule has 1 aliphatic heterocycles. The second-order valence-electron chi connectivity index (χ2n) is 7.38. The van der Waals surface area contributed by atoms with Gasteiger partial charge in [-0.15, -0.1) is 11.3 Å². The van der Waals surface area contributed by atoms with Crippen LogP contribution in [-0.4, -0.2) is 16.8 Å². The fraction of sp³-hybridized carbons (Fsp3) is 0.227. The highest BCUT2D eigenvalue weighted by molar-refractivity contribution is 7.09. The van der Waals surface area contributed by atoms with E-state index < -0.39 is 5.41 Å². The maximum Gasteiger partial charge on any atom is 0.234 e. The second kappa shape index (κ2) is 7.20. The summed E-state index contributed by atoms with van der Waals surface area (Å²) in [7, 11) is 0. The predicted octanol–water partition coefficient (Wildman–Crippen LogP) is 4.61. The van der Waals surface area contributed by atoms with Gasteiger partial charge in [0, 0.05) is 35.2 Å². The summed E-state index contributed by atoms with van der Waals surface area (Å²) in [6.45, 7) is 3.76. The van der Waals surface area contributed by atoms with Gasteiger partial charge >= 0.3 is 0 Å². The molecule has 2 aromatic carbocycles. The van der Waals surface area contributed by atoms with Crippen LogP contribution in [0.5, 0.6) is 0 Å². The van der Waals surface area contributed by atoms with Gasteiger partial charge in [-0.2, -0.15) is 0 Å². The van der Waals surface area contributed by atoms with Crippen molar-refractivity contribution < 1.29 is 9.59 Å². The van der Waals surface area contributed by atoms with Gasteiger partial charge in [-0.1, -0.05) is 30.3 Å². The number of hydrogen-bond donors (Lipinski definition) is 2. The molecule has 0 bridgehead atoms. The van der Waals surface area contributed by atoms with Gasteiger partial charge in [-0.25, -0.2) is 4.98 Å². The first-order valence-corrected chi connectivity index (χ1v) is 10.1. The predicted molar refractivity (Wildman–Crippen MR) is 113 cm³/mol. The molecule has 0 fully saturated rings. The largest absolute Gasteiger partial charge is 0.326 e. The lowest BCUT2D eigenvalue weighted by atomic mass is 9.86. The molecular weight excluding hydrogens is 370 g/mol. The Labute approximate surface area is 167 Å². The summed E-state index contributed by atoms with van der Waals surface area (Å²) >= 11 is 1.57. The molecule has 2 heterocycles.